The summed E-state index contributed by atoms with van der Waals surface area (Å²) in [6.07, 6.45) is 6.04. The van der Waals surface area contributed by atoms with E-state index in [0.29, 0.717) is 13.0 Å². The molecule has 1 fully saturated rings. The van der Waals surface area contributed by atoms with E-state index >= 15 is 0 Å². The molecule has 0 bridgehead atoms. The number of carbonyl (C=O) groups excluding carboxylic acids is 1. The summed E-state index contributed by atoms with van der Waals surface area (Å²) < 4.78 is 23.6. The van der Waals surface area contributed by atoms with Crippen molar-refractivity contribution in [2.75, 3.05) is 18.1 Å². The van der Waals surface area contributed by atoms with Crippen molar-refractivity contribution in [2.24, 2.45) is 0 Å². The van der Waals surface area contributed by atoms with Gasteiger partial charge < -0.3 is 4.90 Å². The Morgan fingerprint density at radius 2 is 2.27 bits per heavy atom. The Balaban J connectivity index is 1.70. The van der Waals surface area contributed by atoms with Crippen molar-refractivity contribution >= 4 is 27.1 Å². The fraction of sp³-hybridized carbons (Fsp3) is 0.500. The van der Waals surface area contributed by atoms with Crippen LogP contribution >= 0.6 is 11.3 Å². The fourth-order valence-corrected chi connectivity index (χ4v) is 5.67. The van der Waals surface area contributed by atoms with Crippen molar-refractivity contribution in [2.45, 2.75) is 38.6 Å². The SMILES string of the molecule is CCCCN(C(=O)Cc1csc(-c2cccnc2)n1)C1CCS(=O)(=O)C1. The molecule has 1 amide bonds. The number of amides is 1. The molecule has 0 aromatic carbocycles. The summed E-state index contributed by atoms with van der Waals surface area (Å²) in [4.78, 5) is 23.3. The summed E-state index contributed by atoms with van der Waals surface area (Å²) in [5, 5.41) is 2.73. The number of rotatable bonds is 7. The standard InChI is InChI=1S/C18H23N3O3S2/c1-2-3-8-21(16-6-9-26(23,24)13-16)17(22)10-15-12-25-18(20-15)14-5-4-7-19-11-14/h4-5,7,11-12,16H,2-3,6,8-10,13H2,1H3. The summed E-state index contributed by atoms with van der Waals surface area (Å²) >= 11 is 1.49. The zero-order valence-electron chi connectivity index (χ0n) is 14.8. The molecule has 1 aliphatic heterocycles. The molecule has 0 spiro atoms. The van der Waals surface area contributed by atoms with E-state index in [1.54, 1.807) is 17.3 Å². The molecule has 140 valence electrons. The molecule has 0 aliphatic carbocycles. The predicted molar refractivity (Wildman–Crippen MR) is 103 cm³/mol. The zero-order valence-corrected chi connectivity index (χ0v) is 16.4. The lowest BCUT2D eigenvalue weighted by atomic mass is 10.1. The Morgan fingerprint density at radius 3 is 2.92 bits per heavy atom. The van der Waals surface area contributed by atoms with Crippen molar-refractivity contribution in [3.63, 3.8) is 0 Å². The van der Waals surface area contributed by atoms with E-state index in [1.807, 2.05) is 17.5 Å². The van der Waals surface area contributed by atoms with Gasteiger partial charge in [-0.2, -0.15) is 0 Å². The second-order valence-electron chi connectivity index (χ2n) is 6.56. The Bertz CT molecular complexity index is 850. The topological polar surface area (TPSA) is 80.2 Å². The van der Waals surface area contributed by atoms with E-state index in [-0.39, 0.29) is 29.9 Å². The van der Waals surface area contributed by atoms with Crippen LogP contribution in [0.5, 0.6) is 0 Å². The van der Waals surface area contributed by atoms with E-state index < -0.39 is 9.84 Å². The Morgan fingerprint density at radius 1 is 1.42 bits per heavy atom. The first-order chi connectivity index (χ1) is 12.5. The maximum Gasteiger partial charge on any atom is 0.228 e. The summed E-state index contributed by atoms with van der Waals surface area (Å²) in [5.41, 5.74) is 1.65. The third kappa shape index (κ3) is 4.67. The van der Waals surface area contributed by atoms with Crippen LogP contribution in [0.4, 0.5) is 0 Å². The van der Waals surface area contributed by atoms with Crippen LogP contribution < -0.4 is 0 Å². The van der Waals surface area contributed by atoms with Gasteiger partial charge in [-0.3, -0.25) is 9.78 Å². The normalized spacial score (nSPS) is 18.7. The van der Waals surface area contributed by atoms with Crippen molar-refractivity contribution in [1.29, 1.82) is 0 Å². The van der Waals surface area contributed by atoms with Crippen LogP contribution in [0.25, 0.3) is 10.6 Å². The van der Waals surface area contributed by atoms with Crippen molar-refractivity contribution in [3.05, 3.63) is 35.6 Å². The highest BCUT2D eigenvalue weighted by Gasteiger charge is 2.34. The second-order valence-corrected chi connectivity index (χ2v) is 9.65. The molecule has 26 heavy (non-hydrogen) atoms. The molecule has 1 aliphatic rings. The van der Waals surface area contributed by atoms with Crippen molar-refractivity contribution in [3.8, 4) is 10.6 Å². The van der Waals surface area contributed by atoms with Crippen LogP contribution in [-0.2, 0) is 21.1 Å². The molecule has 3 heterocycles. The molecular weight excluding hydrogens is 370 g/mol. The van der Waals surface area contributed by atoms with Crippen molar-refractivity contribution < 1.29 is 13.2 Å². The van der Waals surface area contributed by atoms with Crippen LogP contribution in [0, 0.1) is 0 Å². The van der Waals surface area contributed by atoms with Gasteiger partial charge in [0.25, 0.3) is 0 Å². The summed E-state index contributed by atoms with van der Waals surface area (Å²) in [6.45, 7) is 2.67. The Hall–Kier alpha value is -1.80. The lowest BCUT2D eigenvalue weighted by molar-refractivity contribution is -0.132. The van der Waals surface area contributed by atoms with Crippen LogP contribution in [0.3, 0.4) is 0 Å². The van der Waals surface area contributed by atoms with E-state index in [4.69, 9.17) is 0 Å². The van der Waals surface area contributed by atoms with E-state index in [9.17, 15) is 13.2 Å². The molecule has 2 aromatic heterocycles. The largest absolute Gasteiger partial charge is 0.338 e. The highest BCUT2D eigenvalue weighted by atomic mass is 32.2. The molecule has 0 radical (unpaired) electrons. The van der Waals surface area contributed by atoms with Crippen molar-refractivity contribution in [1.82, 2.24) is 14.9 Å². The average molecular weight is 394 g/mol. The molecule has 0 saturated carbocycles. The van der Waals surface area contributed by atoms with Gasteiger partial charge in [0.2, 0.25) is 5.91 Å². The van der Waals surface area contributed by atoms with Gasteiger partial charge in [0.1, 0.15) is 5.01 Å². The van der Waals surface area contributed by atoms with Crippen LogP contribution in [-0.4, -0.2) is 53.3 Å². The molecule has 2 aromatic rings. The number of unbranched alkanes of at least 4 members (excludes halogenated alkanes) is 1. The van der Waals surface area contributed by atoms with Gasteiger partial charge in [-0.05, 0) is 25.0 Å². The summed E-state index contributed by atoms with van der Waals surface area (Å²) in [7, 11) is -3.02. The highest BCUT2D eigenvalue weighted by molar-refractivity contribution is 7.91. The third-order valence-corrected chi connectivity index (χ3v) is 7.21. The molecular formula is C18H23N3O3S2. The van der Waals surface area contributed by atoms with E-state index in [1.165, 1.54) is 11.3 Å². The van der Waals surface area contributed by atoms with Gasteiger partial charge in [0.15, 0.2) is 9.84 Å². The minimum absolute atomic E-state index is 0.0383. The first kappa shape index (κ1) is 19.0. The van der Waals surface area contributed by atoms with E-state index in [2.05, 4.69) is 16.9 Å². The lowest BCUT2D eigenvalue weighted by Crippen LogP contribution is -2.42. The van der Waals surface area contributed by atoms with Gasteiger partial charge in [0.05, 0.1) is 23.6 Å². The molecule has 8 heteroatoms. The number of hydrogen-bond acceptors (Lipinski definition) is 6. The number of nitrogens with zero attached hydrogens (tertiary/aromatic N) is 3. The van der Waals surface area contributed by atoms with Gasteiger partial charge in [-0.25, -0.2) is 13.4 Å². The number of thiazole rings is 1. The minimum Gasteiger partial charge on any atom is -0.338 e. The second kappa shape index (κ2) is 8.26. The average Bonchev–Trinajstić information content (AvgIpc) is 3.22. The summed E-state index contributed by atoms with van der Waals surface area (Å²) in [5.74, 6) is 0.221. The third-order valence-electron chi connectivity index (χ3n) is 4.51. The summed E-state index contributed by atoms with van der Waals surface area (Å²) in [6, 6.07) is 3.60. The minimum atomic E-state index is -3.02. The van der Waals surface area contributed by atoms with Gasteiger partial charge >= 0.3 is 0 Å². The highest BCUT2D eigenvalue weighted by Crippen LogP contribution is 2.24. The molecule has 1 unspecified atom stereocenters. The number of aromatic nitrogens is 2. The molecule has 3 rings (SSSR count). The maximum absolute atomic E-state index is 12.8. The van der Waals surface area contributed by atoms with Crippen LogP contribution in [0.2, 0.25) is 0 Å². The monoisotopic (exact) mass is 393 g/mol. The lowest BCUT2D eigenvalue weighted by Gasteiger charge is -2.28. The maximum atomic E-state index is 12.8. The Kier molecular flexibility index (Phi) is 6.03. The number of hydrogen-bond donors (Lipinski definition) is 0. The number of pyridine rings is 1. The molecule has 6 nitrogen and oxygen atoms in total. The Labute approximate surface area is 158 Å². The first-order valence-corrected chi connectivity index (χ1v) is 11.5. The molecule has 1 saturated heterocycles. The van der Waals surface area contributed by atoms with E-state index in [0.717, 1.165) is 29.1 Å². The first-order valence-electron chi connectivity index (χ1n) is 8.83. The van der Waals surface area contributed by atoms with Gasteiger partial charge in [0, 0.05) is 35.9 Å². The molecule has 0 N–H and O–H groups in total. The predicted octanol–water partition coefficient (Wildman–Crippen LogP) is 2.56. The zero-order chi connectivity index (χ0) is 18.6. The van der Waals surface area contributed by atoms with Gasteiger partial charge in [-0.1, -0.05) is 13.3 Å². The fourth-order valence-electron chi connectivity index (χ4n) is 3.13. The van der Waals surface area contributed by atoms with Gasteiger partial charge in [-0.15, -0.1) is 11.3 Å². The van der Waals surface area contributed by atoms with Crippen LogP contribution in [0.15, 0.2) is 29.9 Å². The quantitative estimate of drug-likeness (QED) is 0.722. The van der Waals surface area contributed by atoms with Crippen LogP contribution in [0.1, 0.15) is 31.9 Å². The molecule has 1 atom stereocenters. The number of sulfone groups is 1. The smallest absolute Gasteiger partial charge is 0.228 e. The number of carbonyl (C=O) groups is 1.